The molecular weight excluding hydrogens is 713 g/mol. The van der Waals surface area contributed by atoms with Crippen LogP contribution in [0.3, 0.4) is 0 Å². The minimum Gasteiger partial charge on any atom is -0.461 e. The molecule has 3 fully saturated rings. The molecule has 3 aliphatic rings. The molecule has 3 atom stereocenters. The number of carbonyl (C=O) groups excluding carboxylic acids is 1. The van der Waals surface area contributed by atoms with E-state index in [0.717, 1.165) is 49.3 Å². The highest BCUT2D eigenvalue weighted by molar-refractivity contribution is 7.23. The summed E-state index contributed by atoms with van der Waals surface area (Å²) >= 11 is 7.82. The second-order valence-electron chi connectivity index (χ2n) is 14.1. The number of aromatic nitrogens is 4. The van der Waals surface area contributed by atoms with Crippen LogP contribution in [0, 0.1) is 35.8 Å². The van der Waals surface area contributed by atoms with Gasteiger partial charge in [-0.2, -0.15) is 20.3 Å². The summed E-state index contributed by atoms with van der Waals surface area (Å²) in [5.41, 5.74) is 6.46. The van der Waals surface area contributed by atoms with Crippen molar-refractivity contribution >= 4 is 60.7 Å². The van der Waals surface area contributed by atoms with Crippen LogP contribution in [0.1, 0.15) is 61.0 Å². The molecule has 0 bridgehead atoms. The lowest BCUT2D eigenvalue weighted by atomic mass is 9.94. The van der Waals surface area contributed by atoms with Crippen LogP contribution >= 0.6 is 22.9 Å². The first-order valence-corrected chi connectivity index (χ1v) is 18.7. The van der Waals surface area contributed by atoms with Crippen LogP contribution < -0.4 is 15.4 Å². The van der Waals surface area contributed by atoms with E-state index in [9.17, 15) is 18.8 Å². The number of hydrogen-bond acceptors (Lipinski definition) is 10. The summed E-state index contributed by atoms with van der Waals surface area (Å²) in [5.74, 6) is -1.35. The number of anilines is 2. The number of ether oxygens (including phenoxy) is 1. The van der Waals surface area contributed by atoms with E-state index >= 15 is 4.39 Å². The number of halogens is 4. The molecule has 52 heavy (non-hydrogen) atoms. The number of nitrogens with zero attached hydrogens (tertiary/aromatic N) is 7. The zero-order valence-electron chi connectivity index (χ0n) is 28.5. The quantitative estimate of drug-likeness (QED) is 0.186. The molecule has 0 amide bonds. The number of aryl methyl sites for hydroxylation is 1. The molecule has 3 saturated heterocycles. The normalized spacial score (nSPS) is 22.4. The van der Waals surface area contributed by atoms with Crippen LogP contribution in [-0.4, -0.2) is 75.1 Å². The number of nitrogens with two attached hydrogens (primary N) is 1. The Morgan fingerprint density at radius 3 is 2.81 bits per heavy atom. The highest BCUT2D eigenvalue weighted by atomic mass is 35.5. The molecule has 8 rings (SSSR count). The molecule has 2 aromatic carbocycles. The van der Waals surface area contributed by atoms with Crippen molar-refractivity contribution in [3.8, 4) is 23.2 Å². The minimum absolute atomic E-state index is 0.0136. The summed E-state index contributed by atoms with van der Waals surface area (Å²) in [7, 11) is 0. The number of carbonyl (C=O) groups is 1. The topological polar surface area (TPSA) is 126 Å². The van der Waals surface area contributed by atoms with Crippen molar-refractivity contribution in [3.05, 3.63) is 58.4 Å². The van der Waals surface area contributed by atoms with Crippen molar-refractivity contribution in [3.63, 3.8) is 0 Å². The van der Waals surface area contributed by atoms with E-state index < -0.39 is 23.3 Å². The second-order valence-corrected chi connectivity index (χ2v) is 15.6. The third-order valence-corrected chi connectivity index (χ3v) is 12.2. The van der Waals surface area contributed by atoms with Gasteiger partial charge in [-0.05, 0) is 69.3 Å². The lowest BCUT2D eigenvalue weighted by Gasteiger charge is -2.32. The Hall–Kier alpha value is -4.45. The molecule has 0 spiro atoms. The van der Waals surface area contributed by atoms with Crippen molar-refractivity contribution in [1.82, 2.24) is 24.6 Å². The molecule has 0 radical (unpaired) electrons. The highest BCUT2D eigenvalue weighted by Gasteiger charge is 2.49. The van der Waals surface area contributed by atoms with E-state index in [1.807, 2.05) is 17.9 Å². The number of fused-ring (bicyclic) bond motifs is 3. The molecule has 0 saturated carbocycles. The summed E-state index contributed by atoms with van der Waals surface area (Å²) in [6.07, 6.45) is 5.50. The number of nitrogen functional groups attached to an aromatic ring is 1. The Kier molecular flexibility index (Phi) is 9.00. The van der Waals surface area contributed by atoms with Gasteiger partial charge >= 0.3 is 6.01 Å². The molecule has 3 aliphatic heterocycles. The van der Waals surface area contributed by atoms with Gasteiger partial charge in [0, 0.05) is 54.5 Å². The van der Waals surface area contributed by atoms with E-state index in [4.69, 9.17) is 27.1 Å². The zero-order chi connectivity index (χ0) is 36.3. The fourth-order valence-corrected chi connectivity index (χ4v) is 9.56. The summed E-state index contributed by atoms with van der Waals surface area (Å²) < 4.78 is 54.5. The van der Waals surface area contributed by atoms with E-state index in [-0.39, 0.29) is 66.8 Å². The van der Waals surface area contributed by atoms with Gasteiger partial charge in [0.05, 0.1) is 26.5 Å². The van der Waals surface area contributed by atoms with E-state index in [2.05, 4.69) is 15.0 Å². The van der Waals surface area contributed by atoms with Gasteiger partial charge in [-0.1, -0.05) is 24.1 Å². The van der Waals surface area contributed by atoms with Gasteiger partial charge in [-0.3, -0.25) is 9.69 Å². The highest BCUT2D eigenvalue weighted by Crippen LogP contribution is 2.46. The van der Waals surface area contributed by atoms with E-state index in [1.54, 1.807) is 18.3 Å². The maximum Gasteiger partial charge on any atom is 0.319 e. The maximum atomic E-state index is 17.2. The molecule has 2 N–H and O–H groups in total. The Bertz CT molecular complexity index is 2270. The first-order chi connectivity index (χ1) is 25.1. The summed E-state index contributed by atoms with van der Waals surface area (Å²) in [5, 5.41) is 14.9. The fourth-order valence-electron chi connectivity index (χ4n) is 8.31. The van der Waals surface area contributed by atoms with Crippen molar-refractivity contribution in [2.45, 2.75) is 63.6 Å². The van der Waals surface area contributed by atoms with Gasteiger partial charge in [-0.15, -0.1) is 11.3 Å². The molecule has 15 heteroatoms. The smallest absolute Gasteiger partial charge is 0.319 e. The lowest BCUT2D eigenvalue weighted by Crippen LogP contribution is -2.43. The van der Waals surface area contributed by atoms with Crippen molar-refractivity contribution in [2.24, 2.45) is 5.92 Å². The maximum absolute atomic E-state index is 17.2. The van der Waals surface area contributed by atoms with Crippen molar-refractivity contribution < 1.29 is 22.7 Å². The van der Waals surface area contributed by atoms with Gasteiger partial charge in [0.2, 0.25) is 5.91 Å². The first kappa shape index (κ1) is 34.6. The van der Waals surface area contributed by atoms with Gasteiger partial charge in [0.15, 0.2) is 5.82 Å². The molecule has 1 unspecified atom stereocenters. The number of thiophene rings is 1. The van der Waals surface area contributed by atoms with Crippen LogP contribution in [0.25, 0.3) is 32.1 Å². The third-order valence-electron chi connectivity index (χ3n) is 10.8. The fraction of sp³-hybridized carbons (Fsp3) is 0.432. The molecular formula is C37H36ClF3N8O2S. The molecule has 270 valence electrons. The average Bonchev–Trinajstić information content (AvgIpc) is 3.87. The van der Waals surface area contributed by atoms with Gasteiger partial charge in [0.1, 0.15) is 41.0 Å². The Morgan fingerprint density at radius 1 is 1.17 bits per heavy atom. The Balaban J connectivity index is 1.23. The number of rotatable bonds is 6. The molecule has 10 nitrogen and oxygen atoms in total. The minimum atomic E-state index is -0.960. The number of hydrogen-bond donors (Lipinski definition) is 1. The predicted molar refractivity (Wildman–Crippen MR) is 195 cm³/mol. The SMILES string of the molecule is Cc1ccn(C(=O)C2CCCCN(c3nc(OC[C@@]45CCCN4C[C@H](F)C5)nc4c(F)c(-c5ccc(F)c6sc(N)c(C#N)c56)c(Cl)cc34)CC2)n1. The van der Waals surface area contributed by atoms with Crippen molar-refractivity contribution in [2.75, 3.05) is 43.4 Å². The Labute approximate surface area is 306 Å². The summed E-state index contributed by atoms with van der Waals surface area (Å²) in [4.78, 5) is 27.0. The molecule has 5 aromatic rings. The monoisotopic (exact) mass is 748 g/mol. The average molecular weight is 749 g/mol. The van der Waals surface area contributed by atoms with Crippen LogP contribution in [0.2, 0.25) is 5.02 Å². The van der Waals surface area contributed by atoms with E-state index in [1.165, 1.54) is 16.8 Å². The van der Waals surface area contributed by atoms with Gasteiger partial charge in [-0.25, -0.2) is 17.9 Å². The molecule has 0 aliphatic carbocycles. The third kappa shape index (κ3) is 5.92. The van der Waals surface area contributed by atoms with E-state index in [0.29, 0.717) is 50.1 Å². The predicted octanol–water partition coefficient (Wildman–Crippen LogP) is 7.69. The van der Waals surface area contributed by atoms with Crippen LogP contribution in [0.4, 0.5) is 24.0 Å². The van der Waals surface area contributed by atoms with Gasteiger partial charge in [0.25, 0.3) is 0 Å². The zero-order valence-corrected chi connectivity index (χ0v) is 30.0. The number of alkyl halides is 1. The van der Waals surface area contributed by atoms with Gasteiger partial charge < -0.3 is 15.4 Å². The lowest BCUT2D eigenvalue weighted by molar-refractivity contribution is 0.0798. The standard InChI is InChI=1S/C37H36ClF3N8O2S/c1-20-8-14-49(46-20)35(50)21-5-2-3-11-47(13-9-21)34-24-15-26(38)29(23-6-7-27(40)32-28(23)25(17-42)33(43)52-32)30(41)31(24)44-36(45-34)51-19-37-10-4-12-48(37)18-22(39)16-37/h6-8,14-15,21-22H,2-5,9-13,16,18-19,43H2,1H3/t21?,22-,37+/m1/s1. The molecule has 6 heterocycles. The molecule has 3 aromatic heterocycles. The number of benzene rings is 2. The van der Waals surface area contributed by atoms with Crippen molar-refractivity contribution in [1.29, 1.82) is 5.26 Å². The summed E-state index contributed by atoms with van der Waals surface area (Å²) in [6, 6.07) is 7.93. The van der Waals surface area contributed by atoms with Crippen LogP contribution in [0.5, 0.6) is 6.01 Å². The second kappa shape index (κ2) is 13.5. The number of nitriles is 1. The largest absolute Gasteiger partial charge is 0.461 e. The van der Waals surface area contributed by atoms with Crippen LogP contribution in [0.15, 0.2) is 30.5 Å². The van der Waals surface area contributed by atoms with Crippen LogP contribution in [-0.2, 0) is 0 Å². The first-order valence-electron chi connectivity index (χ1n) is 17.5. The summed E-state index contributed by atoms with van der Waals surface area (Å²) in [6.45, 7) is 4.11. The Morgan fingerprint density at radius 2 is 2.02 bits per heavy atom.